The summed E-state index contributed by atoms with van der Waals surface area (Å²) in [6.07, 6.45) is -0.0975. The van der Waals surface area contributed by atoms with Crippen molar-refractivity contribution in [3.05, 3.63) is 34.5 Å². The number of halogens is 4. The highest BCUT2D eigenvalue weighted by Gasteiger charge is 2.32. The number of nitrogens with zero attached hydrogens (tertiary/aromatic N) is 1. The molecule has 0 atom stereocenters. The maximum absolute atomic E-state index is 12.5. The van der Waals surface area contributed by atoms with E-state index < -0.39 is 6.36 Å². The Morgan fingerprint density at radius 3 is 2.62 bits per heavy atom. The van der Waals surface area contributed by atoms with E-state index in [1.165, 1.54) is 12.1 Å². The van der Waals surface area contributed by atoms with Gasteiger partial charge in [-0.2, -0.15) is 0 Å². The Bertz CT molecular complexity index is 685. The molecule has 0 saturated heterocycles. The van der Waals surface area contributed by atoms with Gasteiger partial charge in [-0.05, 0) is 37.3 Å². The first-order chi connectivity index (χ1) is 9.96. The van der Waals surface area contributed by atoms with E-state index in [4.69, 9.17) is 11.6 Å². The van der Waals surface area contributed by atoms with Crippen molar-refractivity contribution >= 4 is 22.5 Å². The van der Waals surface area contributed by atoms with Gasteiger partial charge in [-0.25, -0.2) is 4.98 Å². The smallest absolute Gasteiger partial charge is 0.403 e. The molecule has 1 aliphatic carbocycles. The molecule has 0 radical (unpaired) electrons. The third-order valence-electron chi connectivity index (χ3n) is 3.66. The van der Waals surface area contributed by atoms with Gasteiger partial charge in [-0.15, -0.1) is 13.2 Å². The zero-order valence-electron chi connectivity index (χ0n) is 11.1. The summed E-state index contributed by atoms with van der Waals surface area (Å²) < 4.78 is 41.5. The number of rotatable bonds is 1. The molecule has 21 heavy (non-hydrogen) atoms. The Balaban J connectivity index is 2.20. The average Bonchev–Trinajstić information content (AvgIpc) is 2.64. The summed E-state index contributed by atoms with van der Waals surface area (Å²) in [4.78, 5) is 4.41. The minimum Gasteiger partial charge on any atom is -0.403 e. The summed E-state index contributed by atoms with van der Waals surface area (Å²) in [6, 6.07) is 4.45. The number of fused-ring (bicyclic) bond motifs is 2. The zero-order chi connectivity index (χ0) is 15.0. The van der Waals surface area contributed by atoms with Gasteiger partial charge in [0.2, 0.25) is 0 Å². The Morgan fingerprint density at radius 1 is 1.10 bits per heavy atom. The number of ether oxygens (including phenoxy) is 1. The summed E-state index contributed by atoms with van der Waals surface area (Å²) in [5.74, 6) is -0.297. The Morgan fingerprint density at radius 2 is 1.86 bits per heavy atom. The number of aromatic nitrogens is 1. The minimum absolute atomic E-state index is 0.181. The highest BCUT2D eigenvalue weighted by atomic mass is 35.5. The van der Waals surface area contributed by atoms with Gasteiger partial charge in [0, 0.05) is 11.1 Å². The lowest BCUT2D eigenvalue weighted by Crippen LogP contribution is -2.17. The van der Waals surface area contributed by atoms with Crippen molar-refractivity contribution in [2.24, 2.45) is 0 Å². The maximum atomic E-state index is 12.5. The van der Waals surface area contributed by atoms with Gasteiger partial charge in [0.05, 0.1) is 5.02 Å². The van der Waals surface area contributed by atoms with Crippen LogP contribution >= 0.6 is 11.6 Å². The molecule has 0 saturated carbocycles. The van der Waals surface area contributed by atoms with Crippen molar-refractivity contribution in [3.63, 3.8) is 0 Å². The van der Waals surface area contributed by atoms with Gasteiger partial charge in [-0.3, -0.25) is 0 Å². The lowest BCUT2D eigenvalue weighted by Gasteiger charge is -2.15. The molecule has 2 aromatic rings. The number of benzene rings is 1. The largest absolute Gasteiger partial charge is 0.573 e. The van der Waals surface area contributed by atoms with Gasteiger partial charge in [0.15, 0.2) is 5.75 Å². The molecule has 1 aromatic heterocycles. The molecule has 1 aromatic carbocycles. The highest BCUT2D eigenvalue weighted by Crippen LogP contribution is 2.37. The average molecular weight is 316 g/mol. The lowest BCUT2D eigenvalue weighted by atomic mass is 10.0. The second-order valence-corrected chi connectivity index (χ2v) is 5.49. The summed E-state index contributed by atoms with van der Waals surface area (Å²) in [7, 11) is 0. The highest BCUT2D eigenvalue weighted by molar-refractivity contribution is 6.36. The fraction of sp³-hybridized carbons (Fsp3) is 0.400. The quantitative estimate of drug-likeness (QED) is 0.687. The number of pyridine rings is 1. The van der Waals surface area contributed by atoms with Crippen LogP contribution in [-0.2, 0) is 12.8 Å². The fourth-order valence-corrected chi connectivity index (χ4v) is 3.10. The normalized spacial score (nSPS) is 15.6. The van der Waals surface area contributed by atoms with Gasteiger partial charge >= 0.3 is 6.36 Å². The van der Waals surface area contributed by atoms with Crippen LogP contribution < -0.4 is 4.74 Å². The molecule has 0 amide bonds. The van der Waals surface area contributed by atoms with E-state index in [9.17, 15) is 13.2 Å². The molecule has 0 fully saturated rings. The molecule has 0 spiro atoms. The zero-order valence-corrected chi connectivity index (χ0v) is 11.9. The molecule has 112 valence electrons. The Kier molecular flexibility index (Phi) is 3.69. The van der Waals surface area contributed by atoms with Crippen molar-refractivity contribution in [1.82, 2.24) is 4.98 Å². The first kappa shape index (κ1) is 14.4. The molecule has 3 rings (SSSR count). The molecule has 1 aliphatic rings. The molecule has 0 unspecified atom stereocenters. The summed E-state index contributed by atoms with van der Waals surface area (Å²) >= 11 is 6.40. The van der Waals surface area contributed by atoms with Crippen molar-refractivity contribution in [2.75, 3.05) is 0 Å². The van der Waals surface area contributed by atoms with E-state index in [0.717, 1.165) is 43.4 Å². The van der Waals surface area contributed by atoms with Crippen LogP contribution in [-0.4, -0.2) is 11.3 Å². The molecule has 0 aliphatic heterocycles. The van der Waals surface area contributed by atoms with Gasteiger partial charge in [0.25, 0.3) is 0 Å². The van der Waals surface area contributed by atoms with Crippen LogP contribution in [0.25, 0.3) is 10.9 Å². The minimum atomic E-state index is -4.74. The first-order valence-electron chi connectivity index (χ1n) is 6.81. The van der Waals surface area contributed by atoms with Crippen molar-refractivity contribution in [3.8, 4) is 5.75 Å². The van der Waals surface area contributed by atoms with Gasteiger partial charge in [0.1, 0.15) is 5.52 Å². The van der Waals surface area contributed by atoms with E-state index >= 15 is 0 Å². The number of hydrogen-bond acceptors (Lipinski definition) is 2. The molecular formula is C15H13ClF3NO. The first-order valence-corrected chi connectivity index (χ1v) is 7.19. The van der Waals surface area contributed by atoms with Gasteiger partial charge in [-0.1, -0.05) is 30.2 Å². The van der Waals surface area contributed by atoms with Crippen LogP contribution in [0.3, 0.4) is 0 Å². The third kappa shape index (κ3) is 2.93. The van der Waals surface area contributed by atoms with Crippen LogP contribution in [0.4, 0.5) is 13.2 Å². The van der Waals surface area contributed by atoms with Crippen LogP contribution in [0.2, 0.25) is 5.02 Å². The van der Waals surface area contributed by atoms with Crippen molar-refractivity contribution in [1.29, 1.82) is 0 Å². The monoisotopic (exact) mass is 315 g/mol. The predicted octanol–water partition coefficient (Wildman–Crippen LogP) is 5.06. The van der Waals surface area contributed by atoms with E-state index in [1.807, 2.05) is 0 Å². The number of aryl methyl sites for hydroxylation is 1. The number of alkyl halides is 3. The van der Waals surface area contributed by atoms with E-state index in [0.29, 0.717) is 10.4 Å². The van der Waals surface area contributed by atoms with Crippen LogP contribution in [0.1, 0.15) is 30.5 Å². The molecule has 6 heteroatoms. The molecular weight excluding hydrogens is 303 g/mol. The summed E-state index contributed by atoms with van der Waals surface area (Å²) in [5.41, 5.74) is 1.94. The molecule has 1 heterocycles. The Labute approximate surface area is 124 Å². The van der Waals surface area contributed by atoms with Crippen LogP contribution in [0, 0.1) is 0 Å². The summed E-state index contributed by atoms with van der Waals surface area (Å²) in [6.45, 7) is 0. The van der Waals surface area contributed by atoms with Crippen LogP contribution in [0.15, 0.2) is 18.2 Å². The number of hydrogen-bond donors (Lipinski definition) is 0. The second kappa shape index (κ2) is 5.37. The molecule has 0 bridgehead atoms. The third-order valence-corrected chi connectivity index (χ3v) is 4.09. The van der Waals surface area contributed by atoms with Crippen molar-refractivity contribution < 1.29 is 17.9 Å². The fourth-order valence-electron chi connectivity index (χ4n) is 2.75. The number of para-hydroxylation sites is 1. The molecule has 0 N–H and O–H groups in total. The topological polar surface area (TPSA) is 22.1 Å². The Hall–Kier alpha value is -1.49. The van der Waals surface area contributed by atoms with Crippen molar-refractivity contribution in [2.45, 2.75) is 38.5 Å². The standard InChI is InChI=1S/C15H13ClF3NO/c16-13-9-5-2-1-3-7-11(9)20-14-10(13)6-4-8-12(14)21-15(17,18)19/h4,6,8H,1-3,5,7H2. The van der Waals surface area contributed by atoms with Gasteiger partial charge < -0.3 is 4.74 Å². The van der Waals surface area contributed by atoms with E-state index in [-0.39, 0.29) is 11.3 Å². The van der Waals surface area contributed by atoms with E-state index in [1.54, 1.807) is 6.07 Å². The summed E-state index contributed by atoms with van der Waals surface area (Å²) in [5, 5.41) is 1.02. The second-order valence-electron chi connectivity index (χ2n) is 5.11. The maximum Gasteiger partial charge on any atom is 0.573 e. The molecule has 2 nitrogen and oxygen atoms in total. The lowest BCUT2D eigenvalue weighted by molar-refractivity contribution is -0.274. The van der Waals surface area contributed by atoms with Crippen LogP contribution in [0.5, 0.6) is 5.75 Å². The van der Waals surface area contributed by atoms with E-state index in [2.05, 4.69) is 9.72 Å². The predicted molar refractivity (Wildman–Crippen MR) is 74.7 cm³/mol. The SMILES string of the molecule is FC(F)(F)Oc1cccc2c(Cl)c3c(nc12)CCCCC3.